The predicted molar refractivity (Wildman–Crippen MR) is 34.7 cm³/mol. The highest BCUT2D eigenvalue weighted by Gasteiger charge is 1.89. The Morgan fingerprint density at radius 2 is 2.44 bits per heavy atom. The minimum Gasteiger partial charge on any atom is -0.629 e. The fourth-order valence-corrected chi connectivity index (χ4v) is 0.318. The average molecular weight is 130 g/mol. The molecule has 0 amide bonds. The first kappa shape index (κ1) is 8.26. The van der Waals surface area contributed by atoms with Crippen LogP contribution >= 0.6 is 0 Å². The van der Waals surface area contributed by atoms with Crippen LogP contribution in [0.5, 0.6) is 0 Å². The van der Waals surface area contributed by atoms with E-state index in [9.17, 15) is 10.1 Å². The van der Waals surface area contributed by atoms with Crippen molar-refractivity contribution in [3.8, 4) is 0 Å². The summed E-state index contributed by atoms with van der Waals surface area (Å²) < 4.78 is 0. The van der Waals surface area contributed by atoms with E-state index in [1.807, 2.05) is 0 Å². The first-order chi connectivity index (χ1) is 4.18. The van der Waals surface area contributed by atoms with E-state index in [2.05, 4.69) is 5.18 Å². The van der Waals surface area contributed by atoms with E-state index in [1.54, 1.807) is 6.92 Å². The molecule has 0 saturated carbocycles. The van der Waals surface area contributed by atoms with Crippen LogP contribution < -0.4 is 5.06 Å². The number of nitrogens with zero attached hydrogens (tertiary/aromatic N) is 1. The van der Waals surface area contributed by atoms with Gasteiger partial charge in [-0.15, -0.1) is 0 Å². The maximum atomic E-state index is 10.4. The molecule has 0 fully saturated rings. The average Bonchev–Trinajstić information content (AvgIpc) is 1.82. The fraction of sp³-hybridized carbons (Fsp3) is 0.600. The zero-order chi connectivity index (χ0) is 7.28. The summed E-state index contributed by atoms with van der Waals surface area (Å²) in [5.41, 5.74) is 0.592. The van der Waals surface area contributed by atoms with Crippen LogP contribution in [0.4, 0.5) is 0 Å². The van der Waals surface area contributed by atoms with E-state index >= 15 is 0 Å². The second kappa shape index (κ2) is 4.17. The van der Waals surface area contributed by atoms with Gasteiger partial charge in [-0.3, -0.25) is 0 Å². The summed E-state index contributed by atoms with van der Waals surface area (Å²) >= 11 is 0. The van der Waals surface area contributed by atoms with Crippen molar-refractivity contribution in [1.82, 2.24) is 0 Å². The predicted octanol–water partition coefficient (Wildman–Crippen LogP) is -0.331. The lowest BCUT2D eigenvalue weighted by molar-refractivity contribution is -0.782. The van der Waals surface area contributed by atoms with Gasteiger partial charge in [0.05, 0.1) is 7.05 Å². The van der Waals surface area contributed by atoms with Crippen molar-refractivity contribution in [3.63, 3.8) is 0 Å². The molecule has 0 aliphatic heterocycles. The molecule has 1 N–H and O–H groups in total. The number of nitrogens with one attached hydrogen (secondary N) is 1. The first-order valence-corrected chi connectivity index (χ1v) is 2.65. The lowest BCUT2D eigenvalue weighted by atomic mass is 10.4. The number of rotatable bonds is 3. The molecule has 0 aliphatic carbocycles. The van der Waals surface area contributed by atoms with Crippen molar-refractivity contribution >= 4 is 0 Å². The van der Waals surface area contributed by atoms with Gasteiger partial charge in [0.15, 0.2) is 0 Å². The Bertz CT molecular complexity index is 120. The Labute approximate surface area is 53.7 Å². The van der Waals surface area contributed by atoms with Gasteiger partial charge in [0.2, 0.25) is 0 Å². The van der Waals surface area contributed by atoms with Crippen LogP contribution in [0.3, 0.4) is 0 Å². The van der Waals surface area contributed by atoms with Gasteiger partial charge in [-0.2, -0.15) is 4.91 Å². The zero-order valence-electron chi connectivity index (χ0n) is 5.55. The summed E-state index contributed by atoms with van der Waals surface area (Å²) in [6, 6.07) is 0. The summed E-state index contributed by atoms with van der Waals surface area (Å²) in [7, 11) is 1.45. The van der Waals surface area contributed by atoms with Crippen LogP contribution in [0.2, 0.25) is 0 Å². The van der Waals surface area contributed by atoms with Gasteiger partial charge in [0.25, 0.3) is 0 Å². The number of hydrogen-bond donors (Lipinski definition) is 1. The number of quaternary nitrogens is 1. The third-order valence-electron chi connectivity index (χ3n) is 1.03. The minimum absolute atomic E-state index is 0.0151. The van der Waals surface area contributed by atoms with E-state index in [0.29, 0.717) is 5.70 Å². The molecule has 0 spiro atoms. The molecular weight excluding hydrogens is 120 g/mol. The van der Waals surface area contributed by atoms with Crippen LogP contribution in [0.15, 0.2) is 16.9 Å². The standard InChI is InChI=1S/C5H10N2O2/c1-5(7(2)9)3-4-6-8/h3,7H,4H2,1-2H3/b5-3+. The minimum atomic E-state index is -0.0151. The van der Waals surface area contributed by atoms with Crippen molar-refractivity contribution in [2.75, 3.05) is 13.6 Å². The normalized spacial score (nSPS) is 15.2. The number of hydroxylamine groups is 2. The van der Waals surface area contributed by atoms with Crippen LogP contribution in [0.1, 0.15) is 6.92 Å². The molecule has 0 rings (SSSR count). The molecule has 0 aromatic heterocycles. The van der Waals surface area contributed by atoms with Gasteiger partial charge < -0.3 is 10.3 Å². The molecule has 0 heterocycles. The lowest BCUT2D eigenvalue weighted by Crippen LogP contribution is -3.01. The van der Waals surface area contributed by atoms with E-state index < -0.39 is 0 Å². The molecule has 0 aromatic rings. The van der Waals surface area contributed by atoms with Gasteiger partial charge in [0, 0.05) is 6.92 Å². The summed E-state index contributed by atoms with van der Waals surface area (Å²) in [5, 5.41) is 13.0. The van der Waals surface area contributed by atoms with Crippen molar-refractivity contribution in [3.05, 3.63) is 21.9 Å². The Morgan fingerprint density at radius 1 is 1.89 bits per heavy atom. The van der Waals surface area contributed by atoms with Crippen molar-refractivity contribution in [2.24, 2.45) is 5.18 Å². The van der Waals surface area contributed by atoms with Crippen LogP contribution in [0.25, 0.3) is 0 Å². The highest BCUT2D eigenvalue weighted by molar-refractivity contribution is 4.87. The van der Waals surface area contributed by atoms with Gasteiger partial charge in [-0.25, -0.2) is 0 Å². The maximum Gasteiger partial charge on any atom is 0.105 e. The highest BCUT2D eigenvalue weighted by Crippen LogP contribution is 1.78. The third-order valence-corrected chi connectivity index (χ3v) is 1.03. The summed E-state index contributed by atoms with van der Waals surface area (Å²) in [4.78, 5) is 9.53. The molecule has 1 unspecified atom stereocenters. The smallest absolute Gasteiger partial charge is 0.105 e. The molecule has 1 atom stereocenters. The second-order valence-electron chi connectivity index (χ2n) is 1.75. The Balaban J connectivity index is 3.68. The molecule has 0 radical (unpaired) electrons. The number of nitroso groups, excluding NO2 is 1. The van der Waals surface area contributed by atoms with E-state index in [0.717, 1.165) is 0 Å². The highest BCUT2D eigenvalue weighted by atomic mass is 16.5. The van der Waals surface area contributed by atoms with E-state index in [-0.39, 0.29) is 11.6 Å². The quantitative estimate of drug-likeness (QED) is 0.420. The molecule has 0 bridgehead atoms. The van der Waals surface area contributed by atoms with Crippen LogP contribution in [-0.2, 0) is 0 Å². The molecule has 4 nitrogen and oxygen atoms in total. The second-order valence-corrected chi connectivity index (χ2v) is 1.75. The van der Waals surface area contributed by atoms with Gasteiger partial charge >= 0.3 is 0 Å². The molecule has 4 heteroatoms. The molecule has 9 heavy (non-hydrogen) atoms. The fourth-order valence-electron chi connectivity index (χ4n) is 0.318. The Hall–Kier alpha value is -0.740. The van der Waals surface area contributed by atoms with Crippen LogP contribution in [-0.4, -0.2) is 13.6 Å². The Kier molecular flexibility index (Phi) is 3.83. The van der Waals surface area contributed by atoms with Crippen molar-refractivity contribution < 1.29 is 5.06 Å². The van der Waals surface area contributed by atoms with Gasteiger partial charge in [-0.05, 0) is 6.08 Å². The van der Waals surface area contributed by atoms with E-state index in [1.165, 1.54) is 13.1 Å². The number of hydrogen-bond acceptors (Lipinski definition) is 3. The molecule has 0 aromatic carbocycles. The first-order valence-electron chi connectivity index (χ1n) is 2.65. The largest absolute Gasteiger partial charge is 0.629 e. The third kappa shape index (κ3) is 3.81. The maximum absolute atomic E-state index is 10.4. The van der Waals surface area contributed by atoms with Gasteiger partial charge in [0.1, 0.15) is 12.2 Å². The summed E-state index contributed by atoms with van der Waals surface area (Å²) in [6.07, 6.45) is 1.51. The molecule has 0 saturated heterocycles. The van der Waals surface area contributed by atoms with Crippen molar-refractivity contribution in [1.29, 1.82) is 0 Å². The van der Waals surface area contributed by atoms with Gasteiger partial charge in [-0.1, -0.05) is 5.18 Å². The topological polar surface area (TPSA) is 56.9 Å². The number of allylic oxidation sites excluding steroid dienone is 1. The molecular formula is C5H10N2O2. The monoisotopic (exact) mass is 130 g/mol. The SMILES string of the molecule is C/C(=C\CN=O)[NH+](C)[O-]. The molecule has 0 aliphatic rings. The lowest BCUT2D eigenvalue weighted by Gasteiger charge is -2.14. The van der Waals surface area contributed by atoms with Crippen LogP contribution in [0, 0.1) is 10.1 Å². The summed E-state index contributed by atoms with van der Waals surface area (Å²) in [5.74, 6) is 0. The Morgan fingerprint density at radius 3 is 2.78 bits per heavy atom. The van der Waals surface area contributed by atoms with Crippen molar-refractivity contribution in [2.45, 2.75) is 6.92 Å². The molecule has 52 valence electrons. The van der Waals surface area contributed by atoms with E-state index in [4.69, 9.17) is 0 Å². The zero-order valence-corrected chi connectivity index (χ0v) is 5.55. The summed E-state index contributed by atoms with van der Waals surface area (Å²) in [6.45, 7) is 1.75.